The molecule has 0 aliphatic carbocycles. The Kier molecular flexibility index (Phi) is 4.22. The first-order valence-corrected chi connectivity index (χ1v) is 4.49. The van der Waals surface area contributed by atoms with Crippen LogP contribution < -0.4 is 20.7 Å². The third-order valence-electron chi connectivity index (χ3n) is 1.82. The largest absolute Gasteiger partial charge is 0.493 e. The minimum Gasteiger partial charge on any atom is -0.493 e. The first-order chi connectivity index (χ1) is 6.77. The van der Waals surface area contributed by atoms with Gasteiger partial charge in [-0.25, -0.2) is 0 Å². The van der Waals surface area contributed by atoms with Crippen LogP contribution in [-0.2, 0) is 0 Å². The number of aryl methyl sites for hydroxylation is 1. The molecule has 0 heterocycles. The quantitative estimate of drug-likeness (QED) is 0.416. The van der Waals surface area contributed by atoms with E-state index >= 15 is 0 Å². The van der Waals surface area contributed by atoms with Gasteiger partial charge in [-0.3, -0.25) is 11.3 Å². The van der Waals surface area contributed by atoms with E-state index < -0.39 is 0 Å². The van der Waals surface area contributed by atoms with Crippen molar-refractivity contribution in [1.29, 1.82) is 0 Å². The number of ether oxygens (including phenoxy) is 2. The van der Waals surface area contributed by atoms with Crippen molar-refractivity contribution in [3.63, 3.8) is 0 Å². The molecular weight excluding hydrogens is 180 g/mol. The molecule has 0 unspecified atom stereocenters. The molecule has 0 amide bonds. The first kappa shape index (κ1) is 10.8. The highest BCUT2D eigenvalue weighted by Gasteiger charge is 2.03. The summed E-state index contributed by atoms with van der Waals surface area (Å²) in [6, 6.07) is 5.81. The first-order valence-electron chi connectivity index (χ1n) is 4.49. The van der Waals surface area contributed by atoms with E-state index in [9.17, 15) is 0 Å². The molecule has 0 fully saturated rings. The molecule has 0 atom stereocenters. The van der Waals surface area contributed by atoms with Crippen molar-refractivity contribution in [2.45, 2.75) is 6.92 Å². The van der Waals surface area contributed by atoms with Crippen molar-refractivity contribution >= 4 is 0 Å². The molecule has 0 aromatic heterocycles. The minimum absolute atomic E-state index is 0.524. The standard InChI is InChI=1S/C10H16N2O2/c1-8-3-4-9(10(7-8)13-2)14-6-5-12-11/h3-4,7,12H,5-6,11H2,1-2H3. The summed E-state index contributed by atoms with van der Waals surface area (Å²) in [5.41, 5.74) is 3.67. The normalized spacial score (nSPS) is 9.93. The number of methoxy groups -OCH3 is 1. The van der Waals surface area contributed by atoms with E-state index in [0.29, 0.717) is 13.2 Å². The molecule has 0 radical (unpaired) electrons. The van der Waals surface area contributed by atoms with Crippen LogP contribution in [0.2, 0.25) is 0 Å². The zero-order chi connectivity index (χ0) is 10.4. The molecule has 0 saturated heterocycles. The molecule has 3 N–H and O–H groups in total. The summed E-state index contributed by atoms with van der Waals surface area (Å²) in [6.07, 6.45) is 0. The van der Waals surface area contributed by atoms with Gasteiger partial charge in [0.2, 0.25) is 0 Å². The number of hydrazine groups is 1. The van der Waals surface area contributed by atoms with Gasteiger partial charge in [-0.15, -0.1) is 0 Å². The number of hydrogen-bond acceptors (Lipinski definition) is 4. The maximum atomic E-state index is 5.46. The van der Waals surface area contributed by atoms with Gasteiger partial charge in [0.1, 0.15) is 6.61 Å². The van der Waals surface area contributed by atoms with Crippen molar-refractivity contribution in [2.75, 3.05) is 20.3 Å². The molecular formula is C10H16N2O2. The van der Waals surface area contributed by atoms with E-state index in [0.717, 1.165) is 17.1 Å². The Morgan fingerprint density at radius 2 is 2.14 bits per heavy atom. The van der Waals surface area contributed by atoms with Gasteiger partial charge in [-0.1, -0.05) is 6.07 Å². The van der Waals surface area contributed by atoms with Crippen molar-refractivity contribution in [3.8, 4) is 11.5 Å². The van der Waals surface area contributed by atoms with Crippen molar-refractivity contribution in [3.05, 3.63) is 23.8 Å². The van der Waals surface area contributed by atoms with Crippen LogP contribution in [0.15, 0.2) is 18.2 Å². The second-order valence-corrected chi connectivity index (χ2v) is 2.96. The van der Waals surface area contributed by atoms with E-state index in [1.807, 2.05) is 25.1 Å². The highest BCUT2D eigenvalue weighted by Crippen LogP contribution is 2.27. The minimum atomic E-state index is 0.524. The van der Waals surface area contributed by atoms with Crippen LogP contribution in [-0.4, -0.2) is 20.3 Å². The summed E-state index contributed by atoms with van der Waals surface area (Å²) in [5, 5.41) is 0. The fourth-order valence-corrected chi connectivity index (χ4v) is 1.11. The van der Waals surface area contributed by atoms with Crippen LogP contribution in [0.1, 0.15) is 5.56 Å². The molecule has 1 aromatic rings. The number of rotatable bonds is 5. The Hall–Kier alpha value is -1.26. The summed E-state index contributed by atoms with van der Waals surface area (Å²) in [7, 11) is 1.63. The zero-order valence-corrected chi connectivity index (χ0v) is 8.54. The molecule has 4 nitrogen and oxygen atoms in total. The highest BCUT2D eigenvalue weighted by atomic mass is 16.5. The molecule has 14 heavy (non-hydrogen) atoms. The lowest BCUT2D eigenvalue weighted by molar-refractivity contribution is 0.293. The molecule has 78 valence electrons. The zero-order valence-electron chi connectivity index (χ0n) is 8.54. The SMILES string of the molecule is COc1cc(C)ccc1OCCNN. The average molecular weight is 196 g/mol. The van der Waals surface area contributed by atoms with Gasteiger partial charge in [-0.2, -0.15) is 0 Å². The summed E-state index contributed by atoms with van der Waals surface area (Å²) >= 11 is 0. The second-order valence-electron chi connectivity index (χ2n) is 2.96. The van der Waals surface area contributed by atoms with E-state index in [2.05, 4.69) is 5.43 Å². The van der Waals surface area contributed by atoms with Crippen LogP contribution >= 0.6 is 0 Å². The molecule has 0 spiro atoms. The van der Waals surface area contributed by atoms with Crippen LogP contribution in [0.3, 0.4) is 0 Å². The van der Waals surface area contributed by atoms with Gasteiger partial charge >= 0.3 is 0 Å². The molecule has 0 saturated carbocycles. The van der Waals surface area contributed by atoms with Gasteiger partial charge in [0, 0.05) is 6.54 Å². The van der Waals surface area contributed by atoms with Crippen LogP contribution in [0.4, 0.5) is 0 Å². The van der Waals surface area contributed by atoms with E-state index in [1.165, 1.54) is 0 Å². The summed E-state index contributed by atoms with van der Waals surface area (Å²) in [6.45, 7) is 3.14. The Morgan fingerprint density at radius 1 is 1.36 bits per heavy atom. The second kappa shape index (κ2) is 5.47. The molecule has 0 aliphatic heterocycles. The van der Waals surface area contributed by atoms with Crippen LogP contribution in [0.25, 0.3) is 0 Å². The molecule has 4 heteroatoms. The molecule has 1 rings (SSSR count). The lowest BCUT2D eigenvalue weighted by Crippen LogP contribution is -2.27. The maximum Gasteiger partial charge on any atom is 0.161 e. The topological polar surface area (TPSA) is 56.5 Å². The van der Waals surface area contributed by atoms with Gasteiger partial charge in [-0.05, 0) is 24.6 Å². The smallest absolute Gasteiger partial charge is 0.161 e. The van der Waals surface area contributed by atoms with Gasteiger partial charge in [0.05, 0.1) is 7.11 Å². The molecule has 1 aromatic carbocycles. The summed E-state index contributed by atoms with van der Waals surface area (Å²) in [4.78, 5) is 0. The van der Waals surface area contributed by atoms with Crippen molar-refractivity contribution < 1.29 is 9.47 Å². The number of hydrogen-bond donors (Lipinski definition) is 2. The Labute approximate surface area is 84.0 Å². The number of benzene rings is 1. The lowest BCUT2D eigenvalue weighted by atomic mass is 10.2. The molecule has 0 bridgehead atoms. The predicted molar refractivity (Wildman–Crippen MR) is 55.4 cm³/mol. The third kappa shape index (κ3) is 2.90. The summed E-state index contributed by atoms with van der Waals surface area (Å²) < 4.78 is 10.6. The lowest BCUT2D eigenvalue weighted by Gasteiger charge is -2.10. The van der Waals surface area contributed by atoms with Gasteiger partial charge < -0.3 is 9.47 Å². The Morgan fingerprint density at radius 3 is 2.79 bits per heavy atom. The van der Waals surface area contributed by atoms with Crippen molar-refractivity contribution in [2.24, 2.45) is 5.84 Å². The Bertz CT molecular complexity index is 289. The van der Waals surface area contributed by atoms with E-state index in [-0.39, 0.29) is 0 Å². The fourth-order valence-electron chi connectivity index (χ4n) is 1.11. The third-order valence-corrected chi connectivity index (χ3v) is 1.82. The number of nitrogens with one attached hydrogen (secondary N) is 1. The predicted octanol–water partition coefficient (Wildman–Crippen LogP) is 0.846. The Balaban J connectivity index is 2.65. The van der Waals surface area contributed by atoms with E-state index in [4.69, 9.17) is 15.3 Å². The van der Waals surface area contributed by atoms with E-state index in [1.54, 1.807) is 7.11 Å². The van der Waals surface area contributed by atoms with Crippen LogP contribution in [0, 0.1) is 6.92 Å². The highest BCUT2D eigenvalue weighted by molar-refractivity contribution is 5.42. The molecule has 0 aliphatic rings. The van der Waals surface area contributed by atoms with Crippen molar-refractivity contribution in [1.82, 2.24) is 5.43 Å². The van der Waals surface area contributed by atoms with Crippen LogP contribution in [0.5, 0.6) is 11.5 Å². The number of nitrogens with two attached hydrogens (primary N) is 1. The summed E-state index contributed by atoms with van der Waals surface area (Å²) in [5.74, 6) is 6.62. The fraction of sp³-hybridized carbons (Fsp3) is 0.400. The van der Waals surface area contributed by atoms with Gasteiger partial charge in [0.25, 0.3) is 0 Å². The maximum absolute atomic E-state index is 5.46. The monoisotopic (exact) mass is 196 g/mol. The average Bonchev–Trinajstić information content (AvgIpc) is 2.20. The van der Waals surface area contributed by atoms with Gasteiger partial charge in [0.15, 0.2) is 11.5 Å².